The first-order chi connectivity index (χ1) is 8.22. The molecule has 5 nitrogen and oxygen atoms in total. The average molecular weight is 266 g/mol. The predicted octanol–water partition coefficient (Wildman–Crippen LogP) is 3.12. The zero-order valence-electron chi connectivity index (χ0n) is 8.86. The molecule has 3 rings (SSSR count). The third-order valence-corrected chi connectivity index (χ3v) is 3.31. The summed E-state index contributed by atoms with van der Waals surface area (Å²) in [5.41, 5.74) is 1.82. The first-order valence-electron chi connectivity index (χ1n) is 4.92. The smallest absolute Gasteiger partial charge is 0.224 e. The van der Waals surface area contributed by atoms with Gasteiger partial charge in [0, 0.05) is 11.8 Å². The van der Waals surface area contributed by atoms with E-state index in [9.17, 15) is 0 Å². The second-order valence-corrected chi connectivity index (χ2v) is 4.79. The van der Waals surface area contributed by atoms with Gasteiger partial charge in [0.1, 0.15) is 0 Å². The molecule has 86 valence electrons. The molecule has 17 heavy (non-hydrogen) atoms. The quantitative estimate of drug-likeness (QED) is 0.699. The number of nitrogens with one attached hydrogen (secondary N) is 2. The van der Waals surface area contributed by atoms with E-state index in [1.807, 2.05) is 24.4 Å². The van der Waals surface area contributed by atoms with Crippen molar-refractivity contribution in [3.63, 3.8) is 0 Å². The topological polar surface area (TPSA) is 66.5 Å². The Morgan fingerprint density at radius 2 is 2.29 bits per heavy atom. The fraction of sp³-hybridized carbons (Fsp3) is 0.100. The molecule has 0 aliphatic heterocycles. The summed E-state index contributed by atoms with van der Waals surface area (Å²) in [4.78, 5) is 8.32. The maximum Gasteiger partial charge on any atom is 0.224 e. The molecular formula is C10H8ClN5S. The first kappa shape index (κ1) is 10.5. The summed E-state index contributed by atoms with van der Waals surface area (Å²) in [5.74, 6) is 1.40. The Morgan fingerprint density at radius 3 is 3.06 bits per heavy atom. The van der Waals surface area contributed by atoms with Crippen molar-refractivity contribution in [2.75, 3.05) is 5.32 Å². The Balaban J connectivity index is 2.07. The highest BCUT2D eigenvalue weighted by Crippen LogP contribution is 2.28. The Bertz CT molecular complexity index is 674. The molecule has 0 spiro atoms. The van der Waals surface area contributed by atoms with Gasteiger partial charge in [0.25, 0.3) is 0 Å². The van der Waals surface area contributed by atoms with Gasteiger partial charge in [-0.1, -0.05) is 0 Å². The second-order valence-electron chi connectivity index (χ2n) is 3.54. The van der Waals surface area contributed by atoms with Crippen molar-refractivity contribution in [3.8, 4) is 0 Å². The maximum absolute atomic E-state index is 5.87. The molecule has 3 aromatic heterocycles. The normalized spacial score (nSPS) is 10.9. The van der Waals surface area contributed by atoms with E-state index >= 15 is 0 Å². The molecule has 0 atom stereocenters. The van der Waals surface area contributed by atoms with Crippen LogP contribution >= 0.6 is 22.9 Å². The Morgan fingerprint density at radius 1 is 1.41 bits per heavy atom. The van der Waals surface area contributed by atoms with Crippen LogP contribution in [-0.4, -0.2) is 20.2 Å². The molecule has 0 aliphatic rings. The number of aryl methyl sites for hydroxylation is 1. The number of H-pyrrole nitrogens is 1. The van der Waals surface area contributed by atoms with Crippen molar-refractivity contribution in [1.29, 1.82) is 0 Å². The van der Waals surface area contributed by atoms with E-state index in [-0.39, 0.29) is 5.28 Å². The lowest BCUT2D eigenvalue weighted by molar-refractivity contribution is 1.05. The fourth-order valence-corrected chi connectivity index (χ4v) is 2.47. The summed E-state index contributed by atoms with van der Waals surface area (Å²) in [6.45, 7) is 1.94. The number of halogens is 1. The van der Waals surface area contributed by atoms with Gasteiger partial charge in [-0.2, -0.15) is 10.1 Å². The van der Waals surface area contributed by atoms with Crippen LogP contribution in [0.25, 0.3) is 10.2 Å². The first-order valence-corrected chi connectivity index (χ1v) is 6.18. The van der Waals surface area contributed by atoms with Gasteiger partial charge in [-0.15, -0.1) is 11.3 Å². The molecule has 0 saturated heterocycles. The highest BCUT2D eigenvalue weighted by atomic mass is 35.5. The van der Waals surface area contributed by atoms with Crippen LogP contribution in [-0.2, 0) is 0 Å². The fourth-order valence-electron chi connectivity index (χ4n) is 1.52. The lowest BCUT2D eigenvalue weighted by Gasteiger charge is -2.03. The predicted molar refractivity (Wildman–Crippen MR) is 69.0 cm³/mol. The Hall–Kier alpha value is -1.66. The summed E-state index contributed by atoms with van der Waals surface area (Å²) in [6.07, 6.45) is 0. The molecule has 0 bridgehead atoms. The van der Waals surface area contributed by atoms with Crippen LogP contribution in [0.1, 0.15) is 5.69 Å². The number of hydrogen-bond acceptors (Lipinski definition) is 5. The van der Waals surface area contributed by atoms with Crippen molar-refractivity contribution in [1.82, 2.24) is 20.2 Å². The number of aromatic amines is 1. The zero-order chi connectivity index (χ0) is 11.8. The largest absolute Gasteiger partial charge is 0.322 e. The molecule has 0 unspecified atom stereocenters. The van der Waals surface area contributed by atoms with Crippen molar-refractivity contribution in [2.45, 2.75) is 6.92 Å². The third-order valence-electron chi connectivity index (χ3n) is 2.23. The standard InChI is InChI=1S/C10H8ClN5S/c1-5-4-7(16-15-5)13-9-8-6(2-3-17-8)12-10(11)14-9/h2-4H,1H3,(H2,12,13,14,15,16). The minimum atomic E-state index is 0.227. The van der Waals surface area contributed by atoms with E-state index in [0.717, 1.165) is 15.9 Å². The minimum Gasteiger partial charge on any atom is -0.322 e. The van der Waals surface area contributed by atoms with E-state index in [0.29, 0.717) is 11.6 Å². The molecule has 3 heterocycles. The summed E-state index contributed by atoms with van der Waals surface area (Å²) in [5, 5.41) is 12.3. The molecule has 0 aromatic carbocycles. The van der Waals surface area contributed by atoms with Crippen LogP contribution in [0.15, 0.2) is 17.5 Å². The molecule has 2 N–H and O–H groups in total. The number of anilines is 2. The van der Waals surface area contributed by atoms with Crippen LogP contribution in [0.2, 0.25) is 5.28 Å². The molecule has 0 fully saturated rings. The number of fused-ring (bicyclic) bond motifs is 1. The van der Waals surface area contributed by atoms with Crippen LogP contribution in [0, 0.1) is 6.92 Å². The molecule has 0 saturated carbocycles. The number of rotatable bonds is 2. The molecule has 0 aliphatic carbocycles. The van der Waals surface area contributed by atoms with E-state index in [1.165, 1.54) is 0 Å². The van der Waals surface area contributed by atoms with Gasteiger partial charge in [0.05, 0.1) is 10.2 Å². The van der Waals surface area contributed by atoms with Crippen molar-refractivity contribution < 1.29 is 0 Å². The molecule has 0 amide bonds. The average Bonchev–Trinajstić information content (AvgIpc) is 2.87. The number of nitrogens with zero attached hydrogens (tertiary/aromatic N) is 3. The highest BCUT2D eigenvalue weighted by Gasteiger charge is 2.09. The number of thiophene rings is 1. The SMILES string of the molecule is Cc1cc(Nc2nc(Cl)nc3ccsc23)n[nH]1. The highest BCUT2D eigenvalue weighted by molar-refractivity contribution is 7.17. The van der Waals surface area contributed by atoms with Crippen LogP contribution in [0.5, 0.6) is 0 Å². The summed E-state index contributed by atoms with van der Waals surface area (Å²) < 4.78 is 0.968. The van der Waals surface area contributed by atoms with Gasteiger partial charge in [0.2, 0.25) is 5.28 Å². The summed E-state index contributed by atoms with van der Waals surface area (Å²) in [6, 6.07) is 3.81. The van der Waals surface area contributed by atoms with E-state index in [1.54, 1.807) is 11.3 Å². The van der Waals surface area contributed by atoms with E-state index < -0.39 is 0 Å². The van der Waals surface area contributed by atoms with Crippen LogP contribution in [0.3, 0.4) is 0 Å². The van der Waals surface area contributed by atoms with Crippen molar-refractivity contribution in [3.05, 3.63) is 28.5 Å². The lowest BCUT2D eigenvalue weighted by atomic mass is 10.4. The zero-order valence-corrected chi connectivity index (χ0v) is 10.4. The molecule has 0 radical (unpaired) electrons. The Labute approximate surface area is 106 Å². The van der Waals surface area contributed by atoms with Crippen molar-refractivity contribution >= 4 is 44.8 Å². The minimum absolute atomic E-state index is 0.227. The van der Waals surface area contributed by atoms with Gasteiger partial charge < -0.3 is 5.32 Å². The third kappa shape index (κ3) is 1.96. The maximum atomic E-state index is 5.87. The number of aromatic nitrogens is 4. The van der Waals surface area contributed by atoms with Gasteiger partial charge in [-0.05, 0) is 30.0 Å². The van der Waals surface area contributed by atoms with Crippen LogP contribution < -0.4 is 5.32 Å². The van der Waals surface area contributed by atoms with E-state index in [2.05, 4.69) is 25.5 Å². The molecule has 7 heteroatoms. The number of hydrogen-bond donors (Lipinski definition) is 2. The van der Waals surface area contributed by atoms with Gasteiger partial charge in [0.15, 0.2) is 11.6 Å². The van der Waals surface area contributed by atoms with Gasteiger partial charge in [-0.3, -0.25) is 5.10 Å². The summed E-state index contributed by atoms with van der Waals surface area (Å²) >= 11 is 7.43. The molecular weight excluding hydrogens is 258 g/mol. The summed E-state index contributed by atoms with van der Waals surface area (Å²) in [7, 11) is 0. The van der Waals surface area contributed by atoms with Gasteiger partial charge in [-0.25, -0.2) is 4.98 Å². The lowest BCUT2D eigenvalue weighted by Crippen LogP contribution is -1.95. The molecule has 3 aromatic rings. The van der Waals surface area contributed by atoms with Gasteiger partial charge >= 0.3 is 0 Å². The monoisotopic (exact) mass is 265 g/mol. The van der Waals surface area contributed by atoms with Crippen LogP contribution in [0.4, 0.5) is 11.6 Å². The van der Waals surface area contributed by atoms with E-state index in [4.69, 9.17) is 11.6 Å². The Kier molecular flexibility index (Phi) is 2.45. The van der Waals surface area contributed by atoms with Crippen molar-refractivity contribution in [2.24, 2.45) is 0 Å². The second kappa shape index (κ2) is 3.97.